The number of anilines is 1. The lowest BCUT2D eigenvalue weighted by Crippen LogP contribution is -2.42. The standard InChI is InChI=1S/C13H18FIN4/c1-13(2,18(3)4)7-19-11-5-8(14)9(15)6-10(11)17-12(19)16/h5-6H,7H2,1-4H3,(H2,16,17). The second kappa shape index (κ2) is 4.90. The number of halogens is 2. The van der Waals surface area contributed by atoms with Crippen molar-refractivity contribution in [3.63, 3.8) is 0 Å². The third-order valence-corrected chi connectivity index (χ3v) is 4.40. The van der Waals surface area contributed by atoms with Gasteiger partial charge in [0.1, 0.15) is 5.82 Å². The van der Waals surface area contributed by atoms with Crippen molar-refractivity contribution in [2.45, 2.75) is 25.9 Å². The molecule has 104 valence electrons. The molecule has 4 nitrogen and oxygen atoms in total. The molecule has 0 fully saturated rings. The molecule has 0 atom stereocenters. The van der Waals surface area contributed by atoms with Crippen LogP contribution < -0.4 is 5.73 Å². The van der Waals surface area contributed by atoms with Crippen molar-refractivity contribution in [2.24, 2.45) is 0 Å². The molecule has 1 aromatic carbocycles. The molecule has 0 radical (unpaired) electrons. The first-order chi connectivity index (χ1) is 8.72. The van der Waals surface area contributed by atoms with Gasteiger partial charge in [-0.1, -0.05) is 0 Å². The molecule has 1 heterocycles. The highest BCUT2D eigenvalue weighted by Gasteiger charge is 2.23. The van der Waals surface area contributed by atoms with Crippen LogP contribution >= 0.6 is 22.6 Å². The Labute approximate surface area is 125 Å². The van der Waals surface area contributed by atoms with E-state index in [1.807, 2.05) is 41.3 Å². The quantitative estimate of drug-likeness (QED) is 0.839. The Morgan fingerprint density at radius 3 is 2.63 bits per heavy atom. The molecule has 0 bridgehead atoms. The Kier molecular flexibility index (Phi) is 3.74. The van der Waals surface area contributed by atoms with E-state index in [1.165, 1.54) is 6.07 Å². The van der Waals surface area contributed by atoms with Gasteiger partial charge < -0.3 is 15.2 Å². The van der Waals surface area contributed by atoms with Crippen molar-refractivity contribution in [1.29, 1.82) is 0 Å². The fourth-order valence-electron chi connectivity index (χ4n) is 1.83. The lowest BCUT2D eigenvalue weighted by molar-refractivity contribution is 0.172. The number of nitrogen functional groups attached to an aromatic ring is 1. The van der Waals surface area contributed by atoms with Crippen LogP contribution in [0.2, 0.25) is 0 Å². The summed E-state index contributed by atoms with van der Waals surface area (Å²) in [7, 11) is 4.03. The Bertz CT molecular complexity index is 619. The molecule has 2 aromatic rings. The number of fused-ring (bicyclic) bond motifs is 1. The number of likely N-dealkylation sites (N-methyl/N-ethyl adjacent to an activating group) is 1. The molecule has 0 saturated carbocycles. The summed E-state index contributed by atoms with van der Waals surface area (Å²) in [6.45, 7) is 4.88. The summed E-state index contributed by atoms with van der Waals surface area (Å²) in [5.74, 6) is 0.184. The van der Waals surface area contributed by atoms with Crippen LogP contribution in [0.4, 0.5) is 10.3 Å². The van der Waals surface area contributed by atoms with Crippen LogP contribution in [0.1, 0.15) is 13.8 Å². The van der Waals surface area contributed by atoms with Gasteiger partial charge in [-0.2, -0.15) is 0 Å². The Balaban J connectivity index is 2.54. The predicted octanol–water partition coefficient (Wildman–Crippen LogP) is 2.70. The van der Waals surface area contributed by atoms with Crippen LogP contribution in [0.5, 0.6) is 0 Å². The van der Waals surface area contributed by atoms with Crippen molar-refractivity contribution in [3.05, 3.63) is 21.5 Å². The topological polar surface area (TPSA) is 47.1 Å². The summed E-state index contributed by atoms with van der Waals surface area (Å²) in [6, 6.07) is 3.23. The van der Waals surface area contributed by atoms with Crippen LogP contribution in [-0.2, 0) is 6.54 Å². The summed E-state index contributed by atoms with van der Waals surface area (Å²) in [5.41, 5.74) is 7.35. The molecule has 6 heteroatoms. The number of rotatable bonds is 3. The van der Waals surface area contributed by atoms with E-state index in [0.29, 0.717) is 16.1 Å². The highest BCUT2D eigenvalue weighted by atomic mass is 127. The molecule has 0 spiro atoms. The number of aromatic nitrogens is 2. The Morgan fingerprint density at radius 2 is 2.05 bits per heavy atom. The fraction of sp³-hybridized carbons (Fsp3) is 0.462. The SMILES string of the molecule is CN(C)C(C)(C)Cn1c(N)nc2cc(I)c(F)cc21. The smallest absolute Gasteiger partial charge is 0.201 e. The van der Waals surface area contributed by atoms with E-state index in [1.54, 1.807) is 6.07 Å². The van der Waals surface area contributed by atoms with E-state index in [9.17, 15) is 4.39 Å². The highest BCUT2D eigenvalue weighted by molar-refractivity contribution is 14.1. The minimum absolute atomic E-state index is 0.0960. The van der Waals surface area contributed by atoms with Gasteiger partial charge in [0.2, 0.25) is 5.95 Å². The van der Waals surface area contributed by atoms with Gasteiger partial charge in [0.05, 0.1) is 14.6 Å². The maximum Gasteiger partial charge on any atom is 0.201 e. The van der Waals surface area contributed by atoms with Crippen LogP contribution in [0, 0.1) is 9.39 Å². The van der Waals surface area contributed by atoms with Gasteiger partial charge >= 0.3 is 0 Å². The summed E-state index contributed by atoms with van der Waals surface area (Å²) in [6.07, 6.45) is 0. The second-order valence-corrected chi connectivity index (χ2v) is 6.68. The zero-order chi connectivity index (χ0) is 14.4. The van der Waals surface area contributed by atoms with Gasteiger partial charge in [0.25, 0.3) is 0 Å². The van der Waals surface area contributed by atoms with Gasteiger partial charge in [-0.05, 0) is 56.6 Å². The largest absolute Gasteiger partial charge is 0.369 e. The molecule has 0 unspecified atom stereocenters. The van der Waals surface area contributed by atoms with Gasteiger partial charge in [-0.3, -0.25) is 0 Å². The number of nitrogens with zero attached hydrogens (tertiary/aromatic N) is 3. The fourth-order valence-corrected chi connectivity index (χ4v) is 2.28. The third-order valence-electron chi connectivity index (χ3n) is 3.58. The second-order valence-electron chi connectivity index (χ2n) is 5.52. The van der Waals surface area contributed by atoms with Crippen molar-refractivity contribution >= 4 is 39.6 Å². The average Bonchev–Trinajstić information content (AvgIpc) is 2.56. The lowest BCUT2D eigenvalue weighted by Gasteiger charge is -2.33. The molecule has 0 saturated heterocycles. The van der Waals surface area contributed by atoms with Crippen molar-refractivity contribution < 1.29 is 4.39 Å². The first-order valence-corrected chi connectivity index (χ1v) is 7.08. The van der Waals surface area contributed by atoms with Gasteiger partial charge in [-0.15, -0.1) is 0 Å². The number of imidazole rings is 1. The van der Waals surface area contributed by atoms with Gasteiger partial charge in [0.15, 0.2) is 0 Å². The number of hydrogen-bond donors (Lipinski definition) is 1. The van der Waals surface area contributed by atoms with Crippen molar-refractivity contribution in [2.75, 3.05) is 19.8 Å². The molecule has 0 aliphatic rings. The highest BCUT2D eigenvalue weighted by Crippen LogP contribution is 2.25. The third kappa shape index (κ3) is 2.69. The number of nitrogens with two attached hydrogens (primary N) is 1. The van der Waals surface area contributed by atoms with Crippen molar-refractivity contribution in [1.82, 2.24) is 14.5 Å². The first-order valence-electron chi connectivity index (χ1n) is 6.00. The van der Waals surface area contributed by atoms with Crippen LogP contribution in [0.15, 0.2) is 12.1 Å². The zero-order valence-corrected chi connectivity index (χ0v) is 13.7. The maximum atomic E-state index is 13.7. The predicted molar refractivity (Wildman–Crippen MR) is 84.6 cm³/mol. The molecule has 19 heavy (non-hydrogen) atoms. The average molecular weight is 376 g/mol. The minimum Gasteiger partial charge on any atom is -0.369 e. The van der Waals surface area contributed by atoms with Crippen LogP contribution in [0.25, 0.3) is 11.0 Å². The molecular formula is C13H18FIN4. The number of hydrogen-bond acceptors (Lipinski definition) is 3. The van der Waals surface area contributed by atoms with Gasteiger partial charge in [0, 0.05) is 18.2 Å². The van der Waals surface area contributed by atoms with E-state index in [-0.39, 0.29) is 11.4 Å². The first kappa shape index (κ1) is 14.5. The lowest BCUT2D eigenvalue weighted by atomic mass is 10.0. The number of benzene rings is 1. The Morgan fingerprint density at radius 1 is 1.42 bits per heavy atom. The summed E-state index contributed by atoms with van der Waals surface area (Å²) >= 11 is 1.96. The van der Waals surface area contributed by atoms with E-state index in [4.69, 9.17) is 5.73 Å². The molecular weight excluding hydrogens is 358 g/mol. The normalized spacial score (nSPS) is 12.6. The molecule has 0 amide bonds. The zero-order valence-electron chi connectivity index (χ0n) is 11.5. The molecule has 0 aliphatic carbocycles. The van der Waals surface area contributed by atoms with Crippen LogP contribution in [0.3, 0.4) is 0 Å². The minimum atomic E-state index is -0.239. The monoisotopic (exact) mass is 376 g/mol. The van der Waals surface area contributed by atoms with Crippen molar-refractivity contribution in [3.8, 4) is 0 Å². The maximum absolute atomic E-state index is 13.7. The van der Waals surface area contributed by atoms with E-state index in [2.05, 4.69) is 23.7 Å². The molecule has 2 N–H and O–H groups in total. The summed E-state index contributed by atoms with van der Waals surface area (Å²) < 4.78 is 16.2. The summed E-state index contributed by atoms with van der Waals surface area (Å²) in [5, 5.41) is 0. The van der Waals surface area contributed by atoms with E-state index in [0.717, 1.165) is 11.0 Å². The summed E-state index contributed by atoms with van der Waals surface area (Å²) in [4.78, 5) is 6.42. The van der Waals surface area contributed by atoms with E-state index < -0.39 is 0 Å². The van der Waals surface area contributed by atoms with E-state index >= 15 is 0 Å². The van der Waals surface area contributed by atoms with Crippen LogP contribution in [-0.4, -0.2) is 34.1 Å². The molecule has 1 aromatic heterocycles. The van der Waals surface area contributed by atoms with Gasteiger partial charge in [-0.25, -0.2) is 9.37 Å². The Hall–Kier alpha value is -0.890. The molecule has 2 rings (SSSR count). The molecule has 0 aliphatic heterocycles.